The molecule has 0 saturated heterocycles. The zero-order chi connectivity index (χ0) is 18.3. The second-order valence-corrected chi connectivity index (χ2v) is 6.43. The molecule has 0 aliphatic carbocycles. The molecule has 0 aliphatic heterocycles. The average Bonchev–Trinajstić information content (AvgIpc) is 2.95. The van der Waals surface area contributed by atoms with Crippen LogP contribution in [0.5, 0.6) is 0 Å². The fourth-order valence-corrected chi connectivity index (χ4v) is 3.27. The topological polar surface area (TPSA) is 54.9 Å². The number of carbonyl (C=O) groups is 1. The van der Waals surface area contributed by atoms with Crippen molar-refractivity contribution < 1.29 is 4.79 Å². The van der Waals surface area contributed by atoms with Gasteiger partial charge >= 0.3 is 0 Å². The van der Waals surface area contributed by atoms with Crippen LogP contribution in [0.1, 0.15) is 27.2 Å². The lowest BCUT2D eigenvalue weighted by Crippen LogP contribution is -2.21. The van der Waals surface area contributed by atoms with Crippen LogP contribution in [0.2, 0.25) is 0 Å². The van der Waals surface area contributed by atoms with Crippen LogP contribution in [0.3, 0.4) is 0 Å². The van der Waals surface area contributed by atoms with E-state index in [-0.39, 0.29) is 16.9 Å². The normalized spacial score (nSPS) is 11.0. The van der Waals surface area contributed by atoms with Crippen LogP contribution < -0.4 is 5.56 Å². The first-order valence-electron chi connectivity index (χ1n) is 8.47. The second kappa shape index (κ2) is 6.15. The fraction of sp³-hybridized carbons (Fsp3) is 0.0909. The van der Waals surface area contributed by atoms with Gasteiger partial charge in [0, 0.05) is 11.3 Å². The van der Waals surface area contributed by atoms with Gasteiger partial charge in [0.05, 0.1) is 5.69 Å². The number of carbonyl (C=O) groups excluding carboxylic acids is 1. The Morgan fingerprint density at radius 2 is 1.58 bits per heavy atom. The SMILES string of the molecule is Cc1ccccc1-n1[nH]c(C)c(C(=O)c2ccc3ccccc3c2)c1=O. The van der Waals surface area contributed by atoms with E-state index in [0.29, 0.717) is 11.3 Å². The molecule has 26 heavy (non-hydrogen) atoms. The van der Waals surface area contributed by atoms with Crippen LogP contribution >= 0.6 is 0 Å². The first kappa shape index (κ1) is 16.1. The fourth-order valence-electron chi connectivity index (χ4n) is 3.27. The number of nitrogens with zero attached hydrogens (tertiary/aromatic N) is 1. The van der Waals surface area contributed by atoms with E-state index >= 15 is 0 Å². The van der Waals surface area contributed by atoms with Crippen LogP contribution in [-0.4, -0.2) is 15.6 Å². The Morgan fingerprint density at radius 3 is 2.35 bits per heavy atom. The molecule has 1 aromatic heterocycles. The highest BCUT2D eigenvalue weighted by Gasteiger charge is 2.21. The third-order valence-electron chi connectivity index (χ3n) is 4.67. The number of para-hydroxylation sites is 1. The standard InChI is InChI=1S/C22H18N2O2/c1-14-7-3-6-10-19(14)24-22(26)20(15(2)23-24)21(25)18-12-11-16-8-4-5-9-17(16)13-18/h3-13,23H,1-2H3. The zero-order valence-corrected chi connectivity index (χ0v) is 14.6. The Hall–Kier alpha value is -3.40. The van der Waals surface area contributed by atoms with Crippen LogP contribution in [0.4, 0.5) is 0 Å². The molecule has 1 N–H and O–H groups in total. The third-order valence-corrected chi connectivity index (χ3v) is 4.67. The van der Waals surface area contributed by atoms with Gasteiger partial charge < -0.3 is 0 Å². The number of aryl methyl sites for hydroxylation is 2. The number of aromatic amines is 1. The number of benzene rings is 3. The van der Waals surface area contributed by atoms with Gasteiger partial charge in [0.15, 0.2) is 5.78 Å². The molecule has 0 aliphatic rings. The molecule has 3 aromatic carbocycles. The lowest BCUT2D eigenvalue weighted by atomic mass is 10.0. The van der Waals surface area contributed by atoms with Crippen molar-refractivity contribution in [2.75, 3.05) is 0 Å². The van der Waals surface area contributed by atoms with Gasteiger partial charge in [-0.15, -0.1) is 0 Å². The summed E-state index contributed by atoms with van der Waals surface area (Å²) in [5, 5.41) is 5.08. The summed E-state index contributed by atoms with van der Waals surface area (Å²) in [4.78, 5) is 26.0. The molecule has 0 amide bonds. The maximum Gasteiger partial charge on any atom is 0.282 e. The molecular formula is C22H18N2O2. The predicted octanol–water partition coefficient (Wildman–Crippen LogP) is 4.17. The van der Waals surface area contributed by atoms with Gasteiger partial charge in [0.1, 0.15) is 5.56 Å². The van der Waals surface area contributed by atoms with Crippen molar-refractivity contribution >= 4 is 16.6 Å². The van der Waals surface area contributed by atoms with E-state index in [9.17, 15) is 9.59 Å². The monoisotopic (exact) mass is 342 g/mol. The van der Waals surface area contributed by atoms with Crippen molar-refractivity contribution in [2.45, 2.75) is 13.8 Å². The van der Waals surface area contributed by atoms with E-state index < -0.39 is 0 Å². The highest BCUT2D eigenvalue weighted by atomic mass is 16.2. The lowest BCUT2D eigenvalue weighted by Gasteiger charge is -2.04. The number of H-pyrrole nitrogens is 1. The average molecular weight is 342 g/mol. The van der Waals surface area contributed by atoms with Crippen molar-refractivity contribution in [3.05, 3.63) is 99.5 Å². The number of ketones is 1. The molecule has 0 radical (unpaired) electrons. The number of nitrogens with one attached hydrogen (secondary N) is 1. The first-order valence-corrected chi connectivity index (χ1v) is 8.47. The number of aromatic nitrogens is 2. The van der Waals surface area contributed by atoms with Gasteiger partial charge in [-0.3, -0.25) is 14.7 Å². The van der Waals surface area contributed by atoms with Crippen molar-refractivity contribution in [1.82, 2.24) is 9.78 Å². The molecule has 0 spiro atoms. The lowest BCUT2D eigenvalue weighted by molar-refractivity contribution is 0.103. The summed E-state index contributed by atoms with van der Waals surface area (Å²) in [7, 11) is 0. The number of rotatable bonds is 3. The molecule has 128 valence electrons. The number of hydrogen-bond donors (Lipinski definition) is 1. The molecule has 0 fully saturated rings. The summed E-state index contributed by atoms with van der Waals surface area (Å²) in [6.45, 7) is 3.69. The van der Waals surface area contributed by atoms with Crippen LogP contribution in [0.25, 0.3) is 16.5 Å². The Kier molecular flexibility index (Phi) is 3.81. The molecule has 0 saturated carbocycles. The minimum Gasteiger partial charge on any atom is -0.295 e. The highest BCUT2D eigenvalue weighted by molar-refractivity contribution is 6.11. The van der Waals surface area contributed by atoms with Gasteiger partial charge in [-0.1, -0.05) is 54.6 Å². The van der Waals surface area contributed by atoms with Crippen LogP contribution in [-0.2, 0) is 0 Å². The summed E-state index contributed by atoms with van der Waals surface area (Å²) < 4.78 is 1.44. The van der Waals surface area contributed by atoms with E-state index in [4.69, 9.17) is 0 Å². The molecule has 4 aromatic rings. The van der Waals surface area contributed by atoms with Crippen LogP contribution in [0.15, 0.2) is 71.5 Å². The van der Waals surface area contributed by atoms with E-state index in [1.54, 1.807) is 13.0 Å². The maximum atomic E-state index is 13.0. The summed E-state index contributed by atoms with van der Waals surface area (Å²) >= 11 is 0. The smallest absolute Gasteiger partial charge is 0.282 e. The van der Waals surface area contributed by atoms with Crippen LogP contribution in [0, 0.1) is 13.8 Å². The Balaban J connectivity index is 1.84. The third kappa shape index (κ3) is 2.56. The largest absolute Gasteiger partial charge is 0.295 e. The summed E-state index contributed by atoms with van der Waals surface area (Å²) in [5.41, 5.74) is 2.65. The summed E-state index contributed by atoms with van der Waals surface area (Å²) in [6.07, 6.45) is 0. The van der Waals surface area contributed by atoms with E-state index in [0.717, 1.165) is 22.0 Å². The summed E-state index contributed by atoms with van der Waals surface area (Å²) in [5.74, 6) is -0.262. The summed E-state index contributed by atoms with van der Waals surface area (Å²) in [6, 6.07) is 20.9. The van der Waals surface area contributed by atoms with Crippen molar-refractivity contribution in [3.63, 3.8) is 0 Å². The van der Waals surface area contributed by atoms with Crippen molar-refractivity contribution in [1.29, 1.82) is 0 Å². The minimum absolute atomic E-state index is 0.184. The molecule has 4 nitrogen and oxygen atoms in total. The van der Waals surface area contributed by atoms with Gasteiger partial charge in [0.25, 0.3) is 5.56 Å². The van der Waals surface area contributed by atoms with Gasteiger partial charge in [-0.25, -0.2) is 4.68 Å². The Labute approximate surface area is 150 Å². The molecule has 0 atom stereocenters. The Morgan fingerprint density at radius 1 is 0.885 bits per heavy atom. The van der Waals surface area contributed by atoms with Gasteiger partial charge in [-0.2, -0.15) is 0 Å². The molecule has 4 heteroatoms. The van der Waals surface area contributed by atoms with Crippen molar-refractivity contribution in [3.8, 4) is 5.69 Å². The number of hydrogen-bond acceptors (Lipinski definition) is 2. The minimum atomic E-state index is -0.324. The first-order chi connectivity index (χ1) is 12.6. The number of fused-ring (bicyclic) bond motifs is 1. The molecule has 4 rings (SSSR count). The maximum absolute atomic E-state index is 13.0. The molecule has 0 bridgehead atoms. The molecule has 0 unspecified atom stereocenters. The van der Waals surface area contributed by atoms with Gasteiger partial charge in [0.2, 0.25) is 0 Å². The highest BCUT2D eigenvalue weighted by Crippen LogP contribution is 2.19. The Bertz CT molecular complexity index is 1200. The molecular weight excluding hydrogens is 324 g/mol. The second-order valence-electron chi connectivity index (χ2n) is 6.43. The quantitative estimate of drug-likeness (QED) is 0.568. The van der Waals surface area contributed by atoms with E-state index in [1.807, 2.05) is 67.6 Å². The molecule has 1 heterocycles. The van der Waals surface area contributed by atoms with E-state index in [2.05, 4.69) is 5.10 Å². The van der Waals surface area contributed by atoms with Gasteiger partial charge in [-0.05, 0) is 42.3 Å². The van der Waals surface area contributed by atoms with Crippen molar-refractivity contribution in [2.24, 2.45) is 0 Å². The predicted molar refractivity (Wildman–Crippen MR) is 103 cm³/mol. The van der Waals surface area contributed by atoms with E-state index in [1.165, 1.54) is 4.68 Å². The zero-order valence-electron chi connectivity index (χ0n) is 14.6.